The molecular weight excluding hydrogens is 251 g/mol. The minimum absolute atomic E-state index is 0.138. The number of rotatable bonds is 3. The maximum absolute atomic E-state index is 14.4. The first-order valence-electron chi connectivity index (χ1n) is 5.37. The lowest BCUT2D eigenvalue weighted by Crippen LogP contribution is -1.90. The summed E-state index contributed by atoms with van der Waals surface area (Å²) in [5.74, 6) is 0.0292. The molecule has 94 valence electrons. The molecule has 0 atom stereocenters. The first-order chi connectivity index (χ1) is 9.29. The van der Waals surface area contributed by atoms with Crippen molar-refractivity contribution >= 4 is 6.29 Å². The van der Waals surface area contributed by atoms with E-state index in [4.69, 9.17) is 4.42 Å². The van der Waals surface area contributed by atoms with Crippen LogP contribution in [0.15, 0.2) is 34.7 Å². The van der Waals surface area contributed by atoms with Crippen LogP contribution in [0.25, 0.3) is 22.7 Å². The van der Waals surface area contributed by atoms with Crippen molar-refractivity contribution in [2.75, 3.05) is 0 Å². The monoisotopic (exact) mass is 258 g/mol. The Morgan fingerprint density at radius 2 is 2.05 bits per heavy atom. The van der Waals surface area contributed by atoms with E-state index in [1.54, 1.807) is 12.1 Å². The number of hydrogen-bond acceptors (Lipinski definition) is 5. The molecule has 0 saturated heterocycles. The molecule has 0 saturated carbocycles. The van der Waals surface area contributed by atoms with E-state index in [2.05, 4.69) is 20.6 Å². The average Bonchev–Trinajstić information content (AvgIpc) is 3.10. The fourth-order valence-electron chi connectivity index (χ4n) is 1.73. The van der Waals surface area contributed by atoms with E-state index >= 15 is 0 Å². The first kappa shape index (κ1) is 11.3. The van der Waals surface area contributed by atoms with E-state index in [-0.39, 0.29) is 28.5 Å². The Morgan fingerprint density at radius 1 is 1.21 bits per heavy atom. The average molecular weight is 258 g/mol. The summed E-state index contributed by atoms with van der Waals surface area (Å²) < 4.78 is 19.6. The van der Waals surface area contributed by atoms with Gasteiger partial charge in [-0.15, -0.1) is 10.2 Å². The highest BCUT2D eigenvalue weighted by Gasteiger charge is 2.16. The van der Waals surface area contributed by atoms with Gasteiger partial charge in [-0.3, -0.25) is 4.79 Å². The lowest BCUT2D eigenvalue weighted by atomic mass is 10.1. The normalized spacial score (nSPS) is 10.6. The van der Waals surface area contributed by atoms with Gasteiger partial charge < -0.3 is 4.42 Å². The highest BCUT2D eigenvalue weighted by atomic mass is 19.1. The van der Waals surface area contributed by atoms with Crippen LogP contribution in [0, 0.1) is 5.82 Å². The molecule has 0 amide bonds. The lowest BCUT2D eigenvalue weighted by molar-refractivity contribution is 0.110. The summed E-state index contributed by atoms with van der Waals surface area (Å²) in [5, 5.41) is 13.1. The number of H-pyrrole nitrogens is 1. The maximum atomic E-state index is 14.4. The number of benzene rings is 1. The number of nitrogens with zero attached hydrogens (tertiary/aromatic N) is 3. The van der Waals surface area contributed by atoms with Crippen molar-refractivity contribution in [3.8, 4) is 22.7 Å². The van der Waals surface area contributed by atoms with E-state index in [0.29, 0.717) is 6.29 Å². The molecule has 2 heterocycles. The van der Waals surface area contributed by atoms with Crippen LogP contribution in [-0.4, -0.2) is 26.9 Å². The molecule has 7 heteroatoms. The number of tetrazole rings is 1. The predicted octanol–water partition coefficient (Wildman–Crippen LogP) is 2.08. The number of hydrogen-bond donors (Lipinski definition) is 1. The van der Waals surface area contributed by atoms with Gasteiger partial charge in [0.2, 0.25) is 5.82 Å². The molecule has 0 radical (unpaired) electrons. The van der Waals surface area contributed by atoms with Gasteiger partial charge in [-0.1, -0.05) is 6.07 Å². The summed E-state index contributed by atoms with van der Waals surface area (Å²) in [6, 6.07) is 7.73. The Bertz CT molecular complexity index is 721. The second-order valence-electron chi connectivity index (χ2n) is 3.72. The molecule has 0 fully saturated rings. The van der Waals surface area contributed by atoms with Gasteiger partial charge in [-0.2, -0.15) is 5.21 Å². The largest absolute Gasteiger partial charge is 0.453 e. The summed E-state index contributed by atoms with van der Waals surface area (Å²) in [5.41, 5.74) is 0.436. The Hall–Kier alpha value is -2.83. The van der Waals surface area contributed by atoms with E-state index in [1.165, 1.54) is 18.2 Å². The fourth-order valence-corrected chi connectivity index (χ4v) is 1.73. The molecule has 1 N–H and O–H groups in total. The van der Waals surface area contributed by atoms with Crippen LogP contribution in [0.5, 0.6) is 0 Å². The first-order valence-corrected chi connectivity index (χ1v) is 5.37. The van der Waals surface area contributed by atoms with E-state index in [0.717, 1.165) is 0 Å². The minimum atomic E-state index is -0.532. The van der Waals surface area contributed by atoms with Crippen LogP contribution >= 0.6 is 0 Å². The third-order valence-electron chi connectivity index (χ3n) is 2.59. The molecule has 1 aromatic carbocycles. The summed E-state index contributed by atoms with van der Waals surface area (Å²) in [7, 11) is 0. The third-order valence-corrected chi connectivity index (χ3v) is 2.59. The number of aromatic nitrogens is 4. The van der Waals surface area contributed by atoms with Crippen molar-refractivity contribution < 1.29 is 13.6 Å². The zero-order valence-corrected chi connectivity index (χ0v) is 9.50. The van der Waals surface area contributed by atoms with Gasteiger partial charge in [0.05, 0.1) is 11.1 Å². The van der Waals surface area contributed by atoms with E-state index < -0.39 is 5.82 Å². The van der Waals surface area contributed by atoms with Crippen LogP contribution in [-0.2, 0) is 0 Å². The van der Waals surface area contributed by atoms with E-state index in [1.807, 2.05) is 0 Å². The second kappa shape index (κ2) is 4.45. The van der Waals surface area contributed by atoms with Crippen molar-refractivity contribution in [1.29, 1.82) is 0 Å². The quantitative estimate of drug-likeness (QED) is 0.727. The number of aromatic amines is 1. The van der Waals surface area contributed by atoms with Crippen LogP contribution < -0.4 is 0 Å². The minimum Gasteiger partial charge on any atom is -0.453 e. The molecule has 0 bridgehead atoms. The van der Waals surface area contributed by atoms with Crippen LogP contribution in [0.1, 0.15) is 10.6 Å². The van der Waals surface area contributed by atoms with Crippen LogP contribution in [0.4, 0.5) is 4.39 Å². The van der Waals surface area contributed by atoms with Crippen molar-refractivity contribution in [3.63, 3.8) is 0 Å². The molecule has 6 nitrogen and oxygen atoms in total. The zero-order valence-electron chi connectivity index (χ0n) is 9.50. The van der Waals surface area contributed by atoms with Gasteiger partial charge in [0.15, 0.2) is 12.0 Å². The summed E-state index contributed by atoms with van der Waals surface area (Å²) in [6.07, 6.45) is 0.560. The van der Waals surface area contributed by atoms with Crippen LogP contribution in [0.3, 0.4) is 0 Å². The number of halogens is 1. The number of aldehydes is 1. The topological polar surface area (TPSA) is 84.7 Å². The van der Waals surface area contributed by atoms with Gasteiger partial charge >= 0.3 is 0 Å². The number of carbonyl (C=O) groups is 1. The molecule has 2 aromatic heterocycles. The third kappa shape index (κ3) is 1.90. The summed E-state index contributed by atoms with van der Waals surface area (Å²) >= 11 is 0. The Kier molecular flexibility index (Phi) is 2.64. The van der Waals surface area contributed by atoms with Gasteiger partial charge in [0, 0.05) is 0 Å². The highest BCUT2D eigenvalue weighted by molar-refractivity contribution is 5.74. The Balaban J connectivity index is 2.13. The molecular formula is C12H7FN4O2. The molecule has 0 aliphatic rings. The SMILES string of the molecule is O=Cc1ccc(-c2cccc(-c3nn[nH]n3)c2F)o1. The van der Waals surface area contributed by atoms with Crippen molar-refractivity contribution in [2.24, 2.45) is 0 Å². The van der Waals surface area contributed by atoms with Gasteiger partial charge in [-0.05, 0) is 29.5 Å². The molecule has 3 rings (SSSR count). The van der Waals surface area contributed by atoms with Gasteiger partial charge in [-0.25, -0.2) is 4.39 Å². The van der Waals surface area contributed by atoms with Crippen molar-refractivity contribution in [1.82, 2.24) is 20.6 Å². The summed E-state index contributed by atoms with van der Waals surface area (Å²) in [6.45, 7) is 0. The molecule has 3 aromatic rings. The number of furan rings is 1. The molecule has 0 aliphatic carbocycles. The van der Waals surface area contributed by atoms with Crippen molar-refractivity contribution in [3.05, 3.63) is 41.9 Å². The maximum Gasteiger partial charge on any atom is 0.207 e. The molecule has 0 aliphatic heterocycles. The summed E-state index contributed by atoms with van der Waals surface area (Å²) in [4.78, 5) is 10.6. The smallest absolute Gasteiger partial charge is 0.207 e. The molecule has 0 unspecified atom stereocenters. The lowest BCUT2D eigenvalue weighted by Gasteiger charge is -2.02. The van der Waals surface area contributed by atoms with Crippen LogP contribution in [0.2, 0.25) is 0 Å². The standard InChI is InChI=1S/C12H7FN4O2/c13-11-8(10-5-4-7(6-18)19-10)2-1-3-9(11)12-14-16-17-15-12/h1-6H,(H,14,15,16,17). The van der Waals surface area contributed by atoms with Crippen molar-refractivity contribution in [2.45, 2.75) is 0 Å². The Labute approximate surface area is 106 Å². The number of nitrogens with one attached hydrogen (secondary N) is 1. The zero-order chi connectivity index (χ0) is 13.2. The van der Waals surface area contributed by atoms with Gasteiger partial charge in [0.1, 0.15) is 11.6 Å². The second-order valence-corrected chi connectivity index (χ2v) is 3.72. The predicted molar refractivity (Wildman–Crippen MR) is 62.7 cm³/mol. The van der Waals surface area contributed by atoms with Gasteiger partial charge in [0.25, 0.3) is 0 Å². The highest BCUT2D eigenvalue weighted by Crippen LogP contribution is 2.29. The number of carbonyl (C=O) groups excluding carboxylic acids is 1. The van der Waals surface area contributed by atoms with E-state index in [9.17, 15) is 9.18 Å². The Morgan fingerprint density at radius 3 is 2.74 bits per heavy atom. The molecule has 19 heavy (non-hydrogen) atoms. The molecule has 0 spiro atoms. The fraction of sp³-hybridized carbons (Fsp3) is 0.